The molecule has 0 saturated heterocycles. The van der Waals surface area contributed by atoms with Gasteiger partial charge in [-0.1, -0.05) is 31.5 Å². The number of nitro benzene ring substituents is 1. The van der Waals surface area contributed by atoms with E-state index in [1.807, 2.05) is 12.1 Å². The van der Waals surface area contributed by atoms with Crippen molar-refractivity contribution in [3.8, 4) is 0 Å². The lowest BCUT2D eigenvalue weighted by atomic mass is 10.00. The van der Waals surface area contributed by atoms with Crippen LogP contribution in [-0.2, 0) is 19.3 Å². The van der Waals surface area contributed by atoms with Gasteiger partial charge in [-0.3, -0.25) is 10.1 Å². The summed E-state index contributed by atoms with van der Waals surface area (Å²) in [4.78, 5) is 10.4. The number of nitrogen functional groups attached to an aromatic ring is 1. The summed E-state index contributed by atoms with van der Waals surface area (Å²) in [5.74, 6) is 0. The Morgan fingerprint density at radius 3 is 2.58 bits per heavy atom. The second-order valence-electron chi connectivity index (χ2n) is 5.96. The smallest absolute Gasteiger partial charge is 0.269 e. The number of anilines is 1. The maximum absolute atomic E-state index is 10.8. The highest BCUT2D eigenvalue weighted by Gasteiger charge is 2.05. The molecule has 0 fully saturated rings. The summed E-state index contributed by atoms with van der Waals surface area (Å²) in [6, 6.07) is 13.0. The largest absolute Gasteiger partial charge is 0.399 e. The zero-order chi connectivity index (χ0) is 17.4. The molecule has 0 unspecified atom stereocenters. The van der Waals surface area contributed by atoms with Crippen molar-refractivity contribution in [1.82, 2.24) is 5.32 Å². The molecule has 0 amide bonds. The molecule has 2 aromatic rings. The first-order valence-electron chi connectivity index (χ1n) is 8.41. The minimum atomic E-state index is -0.354. The summed E-state index contributed by atoms with van der Waals surface area (Å²) in [6.45, 7) is 3.86. The van der Waals surface area contributed by atoms with Crippen molar-refractivity contribution in [3.63, 3.8) is 0 Å². The van der Waals surface area contributed by atoms with Gasteiger partial charge in [0.1, 0.15) is 0 Å². The van der Waals surface area contributed by atoms with Gasteiger partial charge in [0.15, 0.2) is 0 Å². The van der Waals surface area contributed by atoms with Gasteiger partial charge < -0.3 is 11.1 Å². The van der Waals surface area contributed by atoms with Gasteiger partial charge in [0.05, 0.1) is 4.92 Å². The lowest BCUT2D eigenvalue weighted by Crippen LogP contribution is -2.20. The third-order valence-electron chi connectivity index (χ3n) is 4.03. The molecule has 0 aromatic heterocycles. The first-order chi connectivity index (χ1) is 11.6. The van der Waals surface area contributed by atoms with Crippen molar-refractivity contribution in [3.05, 3.63) is 69.3 Å². The molecule has 0 aliphatic carbocycles. The van der Waals surface area contributed by atoms with Crippen LogP contribution in [0.15, 0.2) is 42.5 Å². The normalized spacial score (nSPS) is 10.7. The molecule has 2 aromatic carbocycles. The molecule has 0 heterocycles. The average Bonchev–Trinajstić information content (AvgIpc) is 2.57. The Morgan fingerprint density at radius 2 is 1.83 bits per heavy atom. The minimum absolute atomic E-state index is 0.151. The summed E-state index contributed by atoms with van der Waals surface area (Å²) in [5.41, 5.74) is 10.5. The lowest BCUT2D eigenvalue weighted by Gasteiger charge is -2.11. The summed E-state index contributed by atoms with van der Waals surface area (Å²) in [7, 11) is 0. The number of rotatable bonds is 9. The molecule has 2 rings (SSSR count). The van der Waals surface area contributed by atoms with E-state index in [-0.39, 0.29) is 10.6 Å². The highest BCUT2D eigenvalue weighted by atomic mass is 16.6. The molecule has 0 bridgehead atoms. The SMILES string of the molecule is CCCc1cc(N)ccc1CCNCCc1cccc([N+](=O)[O-])c1. The van der Waals surface area contributed by atoms with Gasteiger partial charge in [0.2, 0.25) is 0 Å². The van der Waals surface area contributed by atoms with E-state index in [1.54, 1.807) is 12.1 Å². The van der Waals surface area contributed by atoms with E-state index in [1.165, 1.54) is 17.2 Å². The highest BCUT2D eigenvalue weighted by Crippen LogP contribution is 2.16. The van der Waals surface area contributed by atoms with Crippen LogP contribution in [0.3, 0.4) is 0 Å². The molecule has 0 atom stereocenters. The second kappa shape index (κ2) is 9.03. The number of benzene rings is 2. The fourth-order valence-electron chi connectivity index (χ4n) is 2.80. The Labute approximate surface area is 143 Å². The predicted molar refractivity (Wildman–Crippen MR) is 98.2 cm³/mol. The maximum Gasteiger partial charge on any atom is 0.269 e. The monoisotopic (exact) mass is 327 g/mol. The van der Waals surface area contributed by atoms with Crippen LogP contribution in [0, 0.1) is 10.1 Å². The molecule has 0 spiro atoms. The third kappa shape index (κ3) is 5.35. The quantitative estimate of drug-likeness (QED) is 0.320. The second-order valence-corrected chi connectivity index (χ2v) is 5.96. The molecule has 5 heteroatoms. The molecular weight excluding hydrogens is 302 g/mol. The number of nitrogens with one attached hydrogen (secondary N) is 1. The van der Waals surface area contributed by atoms with Gasteiger partial charge in [-0.2, -0.15) is 0 Å². The maximum atomic E-state index is 10.8. The average molecular weight is 327 g/mol. The van der Waals surface area contributed by atoms with Crippen LogP contribution in [0.5, 0.6) is 0 Å². The Bertz CT molecular complexity index is 686. The van der Waals surface area contributed by atoms with Crippen LogP contribution < -0.4 is 11.1 Å². The zero-order valence-corrected chi connectivity index (χ0v) is 14.1. The van der Waals surface area contributed by atoms with E-state index in [9.17, 15) is 10.1 Å². The van der Waals surface area contributed by atoms with Gasteiger partial charge in [-0.05, 0) is 61.2 Å². The zero-order valence-electron chi connectivity index (χ0n) is 14.1. The van der Waals surface area contributed by atoms with E-state index in [0.717, 1.165) is 50.0 Å². The van der Waals surface area contributed by atoms with Crippen molar-refractivity contribution >= 4 is 11.4 Å². The van der Waals surface area contributed by atoms with Crippen LogP contribution in [0.2, 0.25) is 0 Å². The fourth-order valence-corrected chi connectivity index (χ4v) is 2.80. The van der Waals surface area contributed by atoms with Crippen LogP contribution in [-0.4, -0.2) is 18.0 Å². The molecule has 5 nitrogen and oxygen atoms in total. The summed E-state index contributed by atoms with van der Waals surface area (Å²) in [6.07, 6.45) is 3.90. The molecule has 3 N–H and O–H groups in total. The van der Waals surface area contributed by atoms with Crippen molar-refractivity contribution < 1.29 is 4.92 Å². The third-order valence-corrected chi connectivity index (χ3v) is 4.03. The number of nitrogens with two attached hydrogens (primary N) is 1. The number of nitro groups is 1. The molecule has 0 saturated carbocycles. The number of hydrogen-bond acceptors (Lipinski definition) is 4. The van der Waals surface area contributed by atoms with E-state index < -0.39 is 0 Å². The Morgan fingerprint density at radius 1 is 1.04 bits per heavy atom. The lowest BCUT2D eigenvalue weighted by molar-refractivity contribution is -0.384. The van der Waals surface area contributed by atoms with Crippen molar-refractivity contribution in [2.45, 2.75) is 32.6 Å². The van der Waals surface area contributed by atoms with E-state index in [4.69, 9.17) is 5.73 Å². The van der Waals surface area contributed by atoms with Gasteiger partial charge in [0.25, 0.3) is 5.69 Å². The first-order valence-corrected chi connectivity index (χ1v) is 8.41. The molecular formula is C19H25N3O2. The van der Waals surface area contributed by atoms with Crippen LogP contribution in [0.1, 0.15) is 30.0 Å². The van der Waals surface area contributed by atoms with E-state index >= 15 is 0 Å². The van der Waals surface area contributed by atoms with E-state index in [0.29, 0.717) is 0 Å². The fraction of sp³-hybridized carbons (Fsp3) is 0.368. The van der Waals surface area contributed by atoms with Gasteiger partial charge in [-0.25, -0.2) is 0 Å². The Balaban J connectivity index is 1.79. The number of hydrogen-bond donors (Lipinski definition) is 2. The van der Waals surface area contributed by atoms with Gasteiger partial charge in [0, 0.05) is 17.8 Å². The highest BCUT2D eigenvalue weighted by molar-refractivity contribution is 5.45. The number of aryl methyl sites for hydroxylation is 1. The van der Waals surface area contributed by atoms with Gasteiger partial charge >= 0.3 is 0 Å². The van der Waals surface area contributed by atoms with Crippen molar-refractivity contribution in [2.75, 3.05) is 18.8 Å². The predicted octanol–water partition coefficient (Wildman–Crippen LogP) is 3.50. The topological polar surface area (TPSA) is 81.2 Å². The number of non-ortho nitro benzene ring substituents is 1. The minimum Gasteiger partial charge on any atom is -0.399 e. The van der Waals surface area contributed by atoms with Crippen molar-refractivity contribution in [1.29, 1.82) is 0 Å². The molecule has 128 valence electrons. The summed E-state index contributed by atoms with van der Waals surface area (Å²) >= 11 is 0. The van der Waals surface area contributed by atoms with Crippen molar-refractivity contribution in [2.24, 2.45) is 0 Å². The van der Waals surface area contributed by atoms with E-state index in [2.05, 4.69) is 24.4 Å². The molecule has 24 heavy (non-hydrogen) atoms. The van der Waals surface area contributed by atoms with Crippen LogP contribution in [0.4, 0.5) is 11.4 Å². The standard InChI is InChI=1S/C19H25N3O2/c1-2-4-17-14-18(20)8-7-16(17)10-12-21-11-9-15-5-3-6-19(13-15)22(23)24/h3,5-8,13-14,21H,2,4,9-12,20H2,1H3. The molecule has 0 radical (unpaired) electrons. The van der Waals surface area contributed by atoms with Crippen LogP contribution in [0.25, 0.3) is 0 Å². The first kappa shape index (κ1) is 17.9. The Hall–Kier alpha value is -2.40. The van der Waals surface area contributed by atoms with Gasteiger partial charge in [-0.15, -0.1) is 0 Å². The summed E-state index contributed by atoms with van der Waals surface area (Å²) in [5, 5.41) is 14.2. The summed E-state index contributed by atoms with van der Waals surface area (Å²) < 4.78 is 0. The molecule has 0 aliphatic rings. The number of nitrogens with zero attached hydrogens (tertiary/aromatic N) is 1. The molecule has 0 aliphatic heterocycles. The van der Waals surface area contributed by atoms with Crippen LogP contribution >= 0.6 is 0 Å². The Kier molecular flexibility index (Phi) is 6.75.